The van der Waals surface area contributed by atoms with Gasteiger partial charge in [0.25, 0.3) is 0 Å². The molecule has 1 saturated heterocycles. The Bertz CT molecular complexity index is 967. The molecule has 1 fully saturated rings. The largest absolute Gasteiger partial charge is 0.302 e. The number of hydrogen-bond acceptors (Lipinski definition) is 6. The van der Waals surface area contributed by atoms with E-state index in [1.807, 2.05) is 0 Å². The lowest BCUT2D eigenvalue weighted by Crippen LogP contribution is -2.68. The fraction of sp³-hybridized carbons (Fsp3) is 0.261. The van der Waals surface area contributed by atoms with E-state index in [0.717, 1.165) is 26.2 Å². The summed E-state index contributed by atoms with van der Waals surface area (Å²) in [6.45, 7) is 6.51. The number of piperazine rings is 1. The third-order valence-electron chi connectivity index (χ3n) is 5.16. The molecule has 0 atom stereocenters. The molecule has 0 radical (unpaired) electrons. The van der Waals surface area contributed by atoms with Crippen LogP contribution in [0.2, 0.25) is 0 Å². The standard InChI is InChI=1S/C23H26N3.ClHO4/c1-19-17-22(20-9-5-3-6-10-20)18-23(21-11-7-4-8-12-21)26(19)25-15-13-24(2)14-16-25;2-1(3,4)5/h3-12,17-18H,13-16H2,1-2H3;(H,2,3,4,5)/q+1;/p-1. The lowest BCUT2D eigenvalue weighted by atomic mass is 10.0. The molecule has 2 aromatic carbocycles. The van der Waals surface area contributed by atoms with Crippen LogP contribution in [0.25, 0.3) is 22.4 Å². The number of aryl methyl sites for hydroxylation is 1. The van der Waals surface area contributed by atoms with Crippen LogP contribution < -0.4 is 28.3 Å². The summed E-state index contributed by atoms with van der Waals surface area (Å²) in [5.74, 6) is 0. The Morgan fingerprint density at radius 1 is 0.710 bits per heavy atom. The molecule has 1 aliphatic rings. The van der Waals surface area contributed by atoms with Gasteiger partial charge in [-0.05, 0) is 30.3 Å². The number of pyridine rings is 1. The van der Waals surface area contributed by atoms with Crippen molar-refractivity contribution in [2.75, 3.05) is 38.2 Å². The minimum Gasteiger partial charge on any atom is -0.302 e. The quantitative estimate of drug-likeness (QED) is 0.468. The van der Waals surface area contributed by atoms with Crippen LogP contribution in [0.5, 0.6) is 0 Å². The molecule has 1 aromatic heterocycles. The van der Waals surface area contributed by atoms with Crippen molar-refractivity contribution in [2.24, 2.45) is 0 Å². The van der Waals surface area contributed by atoms with Gasteiger partial charge in [-0.3, -0.25) is 0 Å². The number of aromatic nitrogens is 1. The van der Waals surface area contributed by atoms with Gasteiger partial charge in [0.2, 0.25) is 11.4 Å². The lowest BCUT2D eigenvalue weighted by molar-refractivity contribution is -2.00. The number of nitrogens with zero attached hydrogens (tertiary/aromatic N) is 3. The first-order valence-corrected chi connectivity index (χ1v) is 11.2. The first kappa shape index (κ1) is 23.1. The summed E-state index contributed by atoms with van der Waals surface area (Å²) in [7, 11) is -2.74. The highest BCUT2D eigenvalue weighted by atomic mass is 35.7. The van der Waals surface area contributed by atoms with Crippen LogP contribution in [0.3, 0.4) is 0 Å². The van der Waals surface area contributed by atoms with Crippen LogP contribution in [0.4, 0.5) is 0 Å². The second-order valence-corrected chi connectivity index (χ2v) is 8.21. The molecule has 0 N–H and O–H groups in total. The fourth-order valence-electron chi connectivity index (χ4n) is 3.71. The predicted octanol–water partition coefficient (Wildman–Crippen LogP) is -1.26. The van der Waals surface area contributed by atoms with E-state index in [0.29, 0.717) is 0 Å². The Kier molecular flexibility index (Phi) is 7.61. The van der Waals surface area contributed by atoms with Gasteiger partial charge >= 0.3 is 0 Å². The van der Waals surface area contributed by atoms with Crippen molar-refractivity contribution >= 4 is 0 Å². The maximum atomic E-state index is 8.49. The van der Waals surface area contributed by atoms with E-state index in [1.165, 1.54) is 28.1 Å². The topological polar surface area (TPSA) is 103 Å². The van der Waals surface area contributed by atoms with E-state index in [-0.39, 0.29) is 0 Å². The molecule has 0 unspecified atom stereocenters. The van der Waals surface area contributed by atoms with Gasteiger partial charge in [0.15, 0.2) is 0 Å². The number of halogens is 1. The van der Waals surface area contributed by atoms with Crippen molar-refractivity contribution in [1.29, 1.82) is 0 Å². The summed E-state index contributed by atoms with van der Waals surface area (Å²) < 4.78 is 36.4. The van der Waals surface area contributed by atoms with Gasteiger partial charge in [0, 0.05) is 37.7 Å². The second kappa shape index (κ2) is 10.2. The van der Waals surface area contributed by atoms with Gasteiger partial charge in [-0.1, -0.05) is 53.2 Å². The summed E-state index contributed by atoms with van der Waals surface area (Å²) in [6.07, 6.45) is 0. The molecule has 0 spiro atoms. The Hall–Kier alpha value is -2.52. The minimum absolute atomic E-state index is 1.05. The fourth-order valence-corrected chi connectivity index (χ4v) is 3.71. The first-order chi connectivity index (χ1) is 14.7. The number of rotatable bonds is 3. The summed E-state index contributed by atoms with van der Waals surface area (Å²) in [5.41, 5.74) is 6.32. The van der Waals surface area contributed by atoms with Crippen LogP contribution in [-0.4, -0.2) is 38.1 Å². The highest BCUT2D eigenvalue weighted by Crippen LogP contribution is 2.25. The summed E-state index contributed by atoms with van der Waals surface area (Å²) in [4.78, 5) is 2.40. The van der Waals surface area contributed by atoms with Crippen LogP contribution in [0, 0.1) is 17.2 Å². The zero-order chi connectivity index (χ0) is 22.4. The number of hydrogen-bond donors (Lipinski definition) is 0. The van der Waals surface area contributed by atoms with E-state index in [9.17, 15) is 0 Å². The predicted molar refractivity (Wildman–Crippen MR) is 108 cm³/mol. The maximum absolute atomic E-state index is 8.49. The third kappa shape index (κ3) is 6.73. The van der Waals surface area contributed by atoms with Gasteiger partial charge in [-0.25, -0.2) is 18.6 Å². The molecule has 0 aliphatic carbocycles. The van der Waals surface area contributed by atoms with E-state index in [4.69, 9.17) is 18.6 Å². The van der Waals surface area contributed by atoms with Crippen LogP contribution in [0.15, 0.2) is 72.8 Å². The van der Waals surface area contributed by atoms with Crippen molar-refractivity contribution in [3.05, 3.63) is 78.5 Å². The summed E-state index contributed by atoms with van der Waals surface area (Å²) in [6, 6.07) is 26.0. The lowest BCUT2D eigenvalue weighted by Gasteiger charge is -2.30. The van der Waals surface area contributed by atoms with Crippen LogP contribution in [-0.2, 0) is 0 Å². The molecule has 0 saturated carbocycles. The van der Waals surface area contributed by atoms with Gasteiger partial charge in [0.05, 0.1) is 13.1 Å². The molecule has 8 heteroatoms. The normalized spacial score (nSPS) is 14.7. The van der Waals surface area contributed by atoms with Crippen molar-refractivity contribution in [2.45, 2.75) is 6.92 Å². The van der Waals surface area contributed by atoms with Gasteiger partial charge in [-0.2, -0.15) is 5.01 Å². The second-order valence-electron chi connectivity index (χ2n) is 7.45. The van der Waals surface area contributed by atoms with Crippen molar-refractivity contribution in [1.82, 2.24) is 4.90 Å². The summed E-state index contributed by atoms with van der Waals surface area (Å²) in [5, 5.41) is 2.48. The highest BCUT2D eigenvalue weighted by molar-refractivity contribution is 5.69. The van der Waals surface area contributed by atoms with Gasteiger partial charge < -0.3 is 4.90 Å². The SMILES string of the molecule is Cc1cc(-c2ccccc2)cc(-c2ccccc2)[n+]1N1CCN(C)CC1.[O-][Cl+3]([O-])([O-])[O-]. The zero-order valence-electron chi connectivity index (χ0n) is 17.6. The average molecular weight is 444 g/mol. The number of benzene rings is 2. The number of likely N-dealkylation sites (N-methyl/N-ethyl adjacent to an activating group) is 1. The molecule has 31 heavy (non-hydrogen) atoms. The first-order valence-electron chi connectivity index (χ1n) is 9.95. The van der Waals surface area contributed by atoms with E-state index < -0.39 is 10.2 Å². The average Bonchev–Trinajstić information content (AvgIpc) is 2.74. The molecule has 0 bridgehead atoms. The van der Waals surface area contributed by atoms with Crippen LogP contribution in [0.1, 0.15) is 5.69 Å². The van der Waals surface area contributed by atoms with Crippen molar-refractivity contribution in [3.8, 4) is 22.4 Å². The molecule has 7 nitrogen and oxygen atoms in total. The molecule has 0 amide bonds. The molecule has 4 rings (SSSR count). The Balaban J connectivity index is 0.000000491. The van der Waals surface area contributed by atoms with E-state index in [1.54, 1.807) is 0 Å². The third-order valence-corrected chi connectivity index (χ3v) is 5.16. The molecular weight excluding hydrogens is 418 g/mol. The van der Waals surface area contributed by atoms with E-state index >= 15 is 0 Å². The summed E-state index contributed by atoms with van der Waals surface area (Å²) >= 11 is 0. The van der Waals surface area contributed by atoms with E-state index in [2.05, 4.69) is 101 Å². The molecule has 164 valence electrons. The van der Waals surface area contributed by atoms with Crippen molar-refractivity contribution < 1.29 is 33.6 Å². The van der Waals surface area contributed by atoms with Crippen molar-refractivity contribution in [3.63, 3.8) is 0 Å². The molecule has 3 aromatic rings. The van der Waals surface area contributed by atoms with Crippen LogP contribution >= 0.6 is 0 Å². The molecular formula is C23H26ClN3O4. The monoisotopic (exact) mass is 443 g/mol. The zero-order valence-corrected chi connectivity index (χ0v) is 18.4. The Morgan fingerprint density at radius 2 is 1.19 bits per heavy atom. The smallest absolute Gasteiger partial charge is 0.243 e. The minimum atomic E-state index is -4.94. The molecule has 2 heterocycles. The Labute approximate surface area is 184 Å². The highest BCUT2D eigenvalue weighted by Gasteiger charge is 2.27. The molecule has 1 aliphatic heterocycles. The van der Waals surface area contributed by atoms with Gasteiger partial charge in [0.1, 0.15) is 0 Å². The maximum Gasteiger partial charge on any atom is 0.243 e. The van der Waals surface area contributed by atoms with Gasteiger partial charge in [-0.15, -0.1) is 10.2 Å². The Morgan fingerprint density at radius 3 is 1.71 bits per heavy atom.